The number of hydrogen-bond donors (Lipinski definition) is 1. The van der Waals surface area contributed by atoms with Crippen LogP contribution in [0.15, 0.2) is 17.9 Å². The number of alkyl halides is 3. The van der Waals surface area contributed by atoms with E-state index in [1.54, 1.807) is 6.92 Å². The molecule has 0 fully saturated rings. The van der Waals surface area contributed by atoms with Crippen LogP contribution in [0.2, 0.25) is 0 Å². The molecule has 1 aromatic carbocycles. The first-order chi connectivity index (χ1) is 10.0. The Morgan fingerprint density at radius 3 is 2.36 bits per heavy atom. The Kier molecular flexibility index (Phi) is 5.23. The van der Waals surface area contributed by atoms with Gasteiger partial charge in [0.15, 0.2) is 6.29 Å². The van der Waals surface area contributed by atoms with E-state index in [1.165, 1.54) is 12.1 Å². The second-order valence-electron chi connectivity index (χ2n) is 4.28. The summed E-state index contributed by atoms with van der Waals surface area (Å²) in [5.41, 5.74) is -5.08. The molecule has 0 heterocycles. The summed E-state index contributed by atoms with van der Waals surface area (Å²) in [5.74, 6) is -0.953. The number of allylic oxidation sites excluding steroid dienone is 1. The number of aromatic hydroxyl groups is 1. The van der Waals surface area contributed by atoms with Crippen molar-refractivity contribution >= 4 is 22.5 Å². The fourth-order valence-electron chi connectivity index (χ4n) is 1.72. The molecule has 1 aromatic rings. The molecule has 9 heteroatoms. The van der Waals surface area contributed by atoms with Gasteiger partial charge in [-0.1, -0.05) is 13.0 Å². The van der Waals surface area contributed by atoms with Crippen molar-refractivity contribution in [1.29, 1.82) is 0 Å². The minimum absolute atomic E-state index is 0.104. The van der Waals surface area contributed by atoms with Gasteiger partial charge in [0, 0.05) is 0 Å². The molecule has 0 spiro atoms. The number of phenolic OH excluding ortho intramolecular Hbond substituents is 1. The third kappa shape index (κ3) is 3.79. The molecule has 1 rings (SSSR count). The second kappa shape index (κ2) is 6.39. The van der Waals surface area contributed by atoms with Gasteiger partial charge in [-0.25, -0.2) is 0 Å². The van der Waals surface area contributed by atoms with Crippen LogP contribution in [0.3, 0.4) is 0 Å². The van der Waals surface area contributed by atoms with Crippen LogP contribution in [0.1, 0.15) is 35.3 Å². The molecular weight excluding hydrogens is 325 g/mol. The Morgan fingerprint density at radius 1 is 1.32 bits per heavy atom. The summed E-state index contributed by atoms with van der Waals surface area (Å²) in [7, 11) is -5.79. The van der Waals surface area contributed by atoms with Crippen LogP contribution in [0.25, 0.3) is 6.08 Å². The summed E-state index contributed by atoms with van der Waals surface area (Å²) in [5, 5.41) is 9.59. The average molecular weight is 338 g/mol. The Labute approximate surface area is 125 Å². The molecule has 0 aliphatic carbocycles. The molecule has 0 aromatic heterocycles. The lowest BCUT2D eigenvalue weighted by Gasteiger charge is -2.12. The highest BCUT2D eigenvalue weighted by molar-refractivity contribution is 7.87. The first-order valence-corrected chi connectivity index (χ1v) is 7.43. The lowest BCUT2D eigenvalue weighted by Crippen LogP contribution is -2.24. The Bertz CT molecular complexity index is 705. The number of hydrogen-bond acceptors (Lipinski definition) is 5. The van der Waals surface area contributed by atoms with Crippen LogP contribution < -0.4 is 0 Å². The van der Waals surface area contributed by atoms with Gasteiger partial charge < -0.3 is 9.29 Å². The number of rotatable bonds is 5. The molecule has 0 saturated carbocycles. The molecule has 0 radical (unpaired) electrons. The quantitative estimate of drug-likeness (QED) is 0.386. The van der Waals surface area contributed by atoms with E-state index in [0.717, 1.165) is 13.0 Å². The van der Waals surface area contributed by atoms with E-state index < -0.39 is 21.4 Å². The van der Waals surface area contributed by atoms with E-state index in [2.05, 4.69) is 4.18 Å². The summed E-state index contributed by atoms with van der Waals surface area (Å²) in [4.78, 5) is 11.0. The minimum Gasteiger partial charge on any atom is -0.507 e. The zero-order valence-corrected chi connectivity index (χ0v) is 12.5. The van der Waals surface area contributed by atoms with Crippen LogP contribution in [0.5, 0.6) is 5.75 Å². The zero-order chi connectivity index (χ0) is 17.1. The van der Waals surface area contributed by atoms with Crippen LogP contribution >= 0.6 is 0 Å². The van der Waals surface area contributed by atoms with Gasteiger partial charge in [0.1, 0.15) is 11.5 Å². The second-order valence-corrected chi connectivity index (χ2v) is 5.82. The minimum atomic E-state index is -5.79. The Morgan fingerprint density at radius 2 is 1.91 bits per heavy atom. The van der Waals surface area contributed by atoms with Gasteiger partial charge in [0.25, 0.3) is 0 Å². The maximum Gasteiger partial charge on any atom is 0.534 e. The zero-order valence-electron chi connectivity index (χ0n) is 11.6. The van der Waals surface area contributed by atoms with Gasteiger partial charge in [-0.3, -0.25) is 4.79 Å². The number of halogens is 3. The smallest absolute Gasteiger partial charge is 0.507 e. The molecule has 5 nitrogen and oxygen atoms in total. The number of phenols is 1. The summed E-state index contributed by atoms with van der Waals surface area (Å²) < 4.78 is 62.6. The molecule has 0 bridgehead atoms. The van der Waals surface area contributed by atoms with Crippen molar-refractivity contribution in [2.45, 2.75) is 25.8 Å². The standard InChI is InChI=1S/C13H13F3O5S/c1-3-9-4-5-12(18)11(7-17)10(9)6-8(2)21-22(19,20)13(14,15)16/h4-7,18H,3H2,1-2H3/b8-6+. The van der Waals surface area contributed by atoms with Crippen LogP contribution in [0.4, 0.5) is 13.2 Å². The summed E-state index contributed by atoms with van der Waals surface area (Å²) >= 11 is 0. The van der Waals surface area contributed by atoms with E-state index in [-0.39, 0.29) is 16.9 Å². The van der Waals surface area contributed by atoms with Crippen molar-refractivity contribution in [2.24, 2.45) is 0 Å². The van der Waals surface area contributed by atoms with Crippen LogP contribution in [0, 0.1) is 0 Å². The fourth-order valence-corrected chi connectivity index (χ4v) is 2.21. The predicted molar refractivity (Wildman–Crippen MR) is 72.6 cm³/mol. The van der Waals surface area contributed by atoms with Gasteiger partial charge in [-0.15, -0.1) is 0 Å². The lowest BCUT2D eigenvalue weighted by molar-refractivity contribution is -0.0521. The topological polar surface area (TPSA) is 80.7 Å². The highest BCUT2D eigenvalue weighted by atomic mass is 32.2. The van der Waals surface area contributed by atoms with E-state index in [9.17, 15) is 31.5 Å². The third-order valence-corrected chi connectivity index (χ3v) is 3.77. The molecule has 0 unspecified atom stereocenters. The summed E-state index contributed by atoms with van der Waals surface area (Å²) in [6.45, 7) is 2.72. The highest BCUT2D eigenvalue weighted by Gasteiger charge is 2.48. The average Bonchev–Trinajstić information content (AvgIpc) is 2.37. The van der Waals surface area contributed by atoms with Gasteiger partial charge >= 0.3 is 15.6 Å². The van der Waals surface area contributed by atoms with Gasteiger partial charge in [-0.05, 0) is 36.6 Å². The van der Waals surface area contributed by atoms with Crippen LogP contribution in [-0.4, -0.2) is 25.3 Å². The predicted octanol–water partition coefficient (Wildman–Crippen LogP) is 2.99. The normalized spacial score (nSPS) is 13.0. The van der Waals surface area contributed by atoms with Crippen molar-refractivity contribution in [2.75, 3.05) is 0 Å². The lowest BCUT2D eigenvalue weighted by atomic mass is 9.98. The fraction of sp³-hybridized carbons (Fsp3) is 0.308. The third-order valence-electron chi connectivity index (χ3n) is 2.73. The van der Waals surface area contributed by atoms with Gasteiger partial charge in [0.05, 0.1) is 5.56 Å². The first kappa shape index (κ1) is 18.0. The van der Waals surface area contributed by atoms with Crippen LogP contribution in [-0.2, 0) is 20.7 Å². The molecule has 0 atom stereocenters. The van der Waals surface area contributed by atoms with Crippen molar-refractivity contribution in [3.63, 3.8) is 0 Å². The van der Waals surface area contributed by atoms with Gasteiger partial charge in [-0.2, -0.15) is 21.6 Å². The summed E-state index contributed by atoms with van der Waals surface area (Å²) in [6, 6.07) is 2.74. The summed E-state index contributed by atoms with van der Waals surface area (Å²) in [6.07, 6.45) is 1.70. The first-order valence-electron chi connectivity index (χ1n) is 6.02. The Balaban J connectivity index is 3.34. The van der Waals surface area contributed by atoms with Crippen molar-refractivity contribution in [3.05, 3.63) is 34.6 Å². The molecule has 0 aliphatic heterocycles. The van der Waals surface area contributed by atoms with E-state index >= 15 is 0 Å². The molecule has 0 saturated heterocycles. The van der Waals surface area contributed by atoms with Crippen molar-refractivity contribution in [1.82, 2.24) is 0 Å². The SMILES string of the molecule is CCc1ccc(O)c(C=O)c1/C=C(\C)OS(=O)(=O)C(F)(F)F. The molecule has 0 amide bonds. The largest absolute Gasteiger partial charge is 0.534 e. The number of carbonyl (C=O) groups is 1. The van der Waals surface area contributed by atoms with Crippen molar-refractivity contribution in [3.8, 4) is 5.75 Å². The number of carbonyl (C=O) groups excluding carboxylic acids is 1. The maximum absolute atomic E-state index is 12.3. The molecule has 122 valence electrons. The monoisotopic (exact) mass is 338 g/mol. The molecular formula is C13H13F3O5S. The van der Waals surface area contributed by atoms with E-state index in [1.807, 2.05) is 0 Å². The number of benzene rings is 1. The highest BCUT2D eigenvalue weighted by Crippen LogP contribution is 2.29. The molecule has 22 heavy (non-hydrogen) atoms. The van der Waals surface area contributed by atoms with E-state index in [0.29, 0.717) is 18.3 Å². The van der Waals surface area contributed by atoms with Gasteiger partial charge in [0.2, 0.25) is 0 Å². The molecule has 1 N–H and O–H groups in total. The van der Waals surface area contributed by atoms with Crippen molar-refractivity contribution < 1.29 is 35.7 Å². The van der Waals surface area contributed by atoms with E-state index in [4.69, 9.17) is 0 Å². The molecule has 0 aliphatic rings. The maximum atomic E-state index is 12.3. The Hall–Kier alpha value is -2.03. The number of aryl methyl sites for hydroxylation is 1. The number of aldehydes is 1.